The lowest BCUT2D eigenvalue weighted by molar-refractivity contribution is 0.0530. The van der Waals surface area contributed by atoms with Crippen LogP contribution in [0.4, 0.5) is 0 Å². The standard InChI is InChI=1S/C25H25NO3S2/c1-3-29-24(27)23-21-19(17-9-11-18(28-2)12-10-17)13-14-20(26)22(21)25(31-23)30-15-16-7-5-4-6-8-16/h4-12,19,26H,3,13-15H2,1-2H3. The number of ether oxygens (including phenoxy) is 2. The molecular weight excluding hydrogens is 426 g/mol. The number of benzene rings is 2. The van der Waals surface area contributed by atoms with Gasteiger partial charge in [0.15, 0.2) is 0 Å². The molecule has 1 aromatic heterocycles. The third-order valence-electron chi connectivity index (χ3n) is 5.44. The Bertz CT molecular complexity index is 1070. The molecule has 0 spiro atoms. The summed E-state index contributed by atoms with van der Waals surface area (Å²) in [6.45, 7) is 2.16. The van der Waals surface area contributed by atoms with E-state index < -0.39 is 0 Å². The molecule has 1 N–H and O–H groups in total. The van der Waals surface area contributed by atoms with Gasteiger partial charge in [0.05, 0.1) is 17.9 Å². The maximum atomic E-state index is 12.9. The molecule has 0 aliphatic heterocycles. The zero-order chi connectivity index (χ0) is 21.8. The van der Waals surface area contributed by atoms with Gasteiger partial charge >= 0.3 is 5.97 Å². The van der Waals surface area contributed by atoms with E-state index in [4.69, 9.17) is 14.9 Å². The Morgan fingerprint density at radius 3 is 2.58 bits per heavy atom. The first-order chi connectivity index (χ1) is 15.1. The summed E-state index contributed by atoms with van der Waals surface area (Å²) >= 11 is 3.18. The van der Waals surface area contributed by atoms with E-state index in [1.165, 1.54) is 16.9 Å². The normalized spacial score (nSPS) is 15.4. The first-order valence-electron chi connectivity index (χ1n) is 10.3. The number of fused-ring (bicyclic) bond motifs is 1. The van der Waals surface area contributed by atoms with Gasteiger partial charge in [0.25, 0.3) is 0 Å². The van der Waals surface area contributed by atoms with Crippen LogP contribution in [0.1, 0.15) is 57.6 Å². The zero-order valence-corrected chi connectivity index (χ0v) is 19.3. The molecular formula is C25H25NO3S2. The SMILES string of the molecule is CCOC(=O)c1sc(SCc2ccccc2)c2c1C(c1ccc(OC)cc1)CCC2=N. The number of carbonyl (C=O) groups is 1. The second-order valence-electron chi connectivity index (χ2n) is 7.35. The molecule has 4 nitrogen and oxygen atoms in total. The minimum Gasteiger partial charge on any atom is -0.497 e. The predicted molar refractivity (Wildman–Crippen MR) is 127 cm³/mol. The molecule has 0 bridgehead atoms. The second kappa shape index (κ2) is 9.71. The summed E-state index contributed by atoms with van der Waals surface area (Å²) in [4.78, 5) is 13.5. The third-order valence-corrected chi connectivity index (χ3v) is 7.97. The van der Waals surface area contributed by atoms with Gasteiger partial charge in [0.2, 0.25) is 0 Å². The van der Waals surface area contributed by atoms with Crippen LogP contribution in [0.25, 0.3) is 0 Å². The van der Waals surface area contributed by atoms with E-state index in [0.29, 0.717) is 23.6 Å². The second-order valence-corrected chi connectivity index (χ2v) is 9.61. The molecule has 31 heavy (non-hydrogen) atoms. The van der Waals surface area contributed by atoms with Gasteiger partial charge in [-0.15, -0.1) is 23.1 Å². The molecule has 1 aliphatic carbocycles. The molecule has 6 heteroatoms. The number of methoxy groups -OCH3 is 1. The van der Waals surface area contributed by atoms with E-state index in [1.54, 1.807) is 18.9 Å². The molecule has 3 aromatic rings. The van der Waals surface area contributed by atoms with Crippen LogP contribution in [0.5, 0.6) is 5.75 Å². The van der Waals surface area contributed by atoms with Gasteiger partial charge in [-0.3, -0.25) is 0 Å². The molecule has 1 atom stereocenters. The summed E-state index contributed by atoms with van der Waals surface area (Å²) in [7, 11) is 1.66. The number of thioether (sulfide) groups is 1. The van der Waals surface area contributed by atoms with Crippen molar-refractivity contribution in [3.05, 3.63) is 81.7 Å². The molecule has 0 radical (unpaired) electrons. The van der Waals surface area contributed by atoms with Gasteiger partial charge < -0.3 is 14.9 Å². The lowest BCUT2D eigenvalue weighted by Gasteiger charge is -2.25. The molecule has 1 unspecified atom stereocenters. The lowest BCUT2D eigenvalue weighted by Crippen LogP contribution is -2.18. The monoisotopic (exact) mass is 451 g/mol. The lowest BCUT2D eigenvalue weighted by atomic mass is 9.79. The van der Waals surface area contributed by atoms with Crippen molar-refractivity contribution in [2.45, 2.75) is 35.6 Å². The van der Waals surface area contributed by atoms with Crippen molar-refractivity contribution in [2.24, 2.45) is 0 Å². The van der Waals surface area contributed by atoms with Gasteiger partial charge in [-0.1, -0.05) is 42.5 Å². The molecule has 0 amide bonds. The highest BCUT2D eigenvalue weighted by atomic mass is 32.2. The van der Waals surface area contributed by atoms with Crippen LogP contribution in [0, 0.1) is 5.41 Å². The van der Waals surface area contributed by atoms with Gasteiger partial charge in [-0.25, -0.2) is 4.79 Å². The molecule has 160 valence electrons. The molecule has 0 saturated carbocycles. The van der Waals surface area contributed by atoms with E-state index in [9.17, 15) is 4.79 Å². The number of rotatable bonds is 7. The Hall–Kier alpha value is -2.57. The number of hydrogen-bond donors (Lipinski definition) is 1. The van der Waals surface area contributed by atoms with E-state index in [1.807, 2.05) is 37.3 Å². The number of thiophene rings is 1. The average molecular weight is 452 g/mol. The highest BCUT2D eigenvalue weighted by molar-refractivity contribution is 8.00. The van der Waals surface area contributed by atoms with E-state index >= 15 is 0 Å². The minimum absolute atomic E-state index is 0.0664. The van der Waals surface area contributed by atoms with Crippen LogP contribution in [-0.2, 0) is 10.5 Å². The summed E-state index contributed by atoms with van der Waals surface area (Å²) in [5.74, 6) is 1.39. The van der Waals surface area contributed by atoms with Crippen molar-refractivity contribution in [2.75, 3.05) is 13.7 Å². The summed E-state index contributed by atoms with van der Waals surface area (Å²) in [6.07, 6.45) is 1.51. The zero-order valence-electron chi connectivity index (χ0n) is 17.6. The maximum Gasteiger partial charge on any atom is 0.348 e. The smallest absolute Gasteiger partial charge is 0.348 e. The highest BCUT2D eigenvalue weighted by Gasteiger charge is 2.35. The van der Waals surface area contributed by atoms with Crippen LogP contribution in [-0.4, -0.2) is 25.4 Å². The largest absolute Gasteiger partial charge is 0.497 e. The Morgan fingerprint density at radius 2 is 1.90 bits per heavy atom. The Morgan fingerprint density at radius 1 is 1.16 bits per heavy atom. The Kier molecular flexibility index (Phi) is 6.78. The fourth-order valence-electron chi connectivity index (χ4n) is 3.94. The van der Waals surface area contributed by atoms with Crippen molar-refractivity contribution in [3.63, 3.8) is 0 Å². The fraction of sp³-hybridized carbons (Fsp3) is 0.280. The molecule has 1 heterocycles. The molecule has 1 aliphatic rings. The van der Waals surface area contributed by atoms with E-state index in [-0.39, 0.29) is 11.9 Å². The van der Waals surface area contributed by atoms with E-state index in [0.717, 1.165) is 38.8 Å². The maximum absolute atomic E-state index is 12.9. The first-order valence-corrected chi connectivity index (χ1v) is 12.1. The number of nitrogens with one attached hydrogen (secondary N) is 1. The van der Waals surface area contributed by atoms with Gasteiger partial charge in [0.1, 0.15) is 10.6 Å². The van der Waals surface area contributed by atoms with Gasteiger partial charge in [0, 0.05) is 22.9 Å². The van der Waals surface area contributed by atoms with Crippen LogP contribution >= 0.6 is 23.1 Å². The van der Waals surface area contributed by atoms with Crippen molar-refractivity contribution in [3.8, 4) is 5.75 Å². The Labute approximate surface area is 191 Å². The highest BCUT2D eigenvalue weighted by Crippen LogP contribution is 2.48. The Balaban J connectivity index is 1.76. The predicted octanol–water partition coefficient (Wildman–Crippen LogP) is 6.52. The quantitative estimate of drug-likeness (QED) is 0.328. The first kappa shape index (κ1) is 21.7. The topological polar surface area (TPSA) is 59.4 Å². The minimum atomic E-state index is -0.288. The van der Waals surface area contributed by atoms with Crippen LogP contribution in [0.3, 0.4) is 0 Å². The van der Waals surface area contributed by atoms with Gasteiger partial charge in [-0.2, -0.15) is 0 Å². The van der Waals surface area contributed by atoms with Crippen molar-refractivity contribution < 1.29 is 14.3 Å². The van der Waals surface area contributed by atoms with E-state index in [2.05, 4.69) is 24.3 Å². The third kappa shape index (κ3) is 4.55. The molecule has 4 rings (SSSR count). The molecule has 0 fully saturated rings. The summed E-state index contributed by atoms with van der Waals surface area (Å²) in [5.41, 5.74) is 4.86. The fourth-order valence-corrected chi connectivity index (χ4v) is 6.49. The van der Waals surface area contributed by atoms with Crippen molar-refractivity contribution in [1.29, 1.82) is 5.41 Å². The summed E-state index contributed by atoms with van der Waals surface area (Å²) in [5, 5.41) is 8.69. The van der Waals surface area contributed by atoms with Crippen molar-refractivity contribution >= 4 is 34.8 Å². The van der Waals surface area contributed by atoms with Crippen molar-refractivity contribution in [1.82, 2.24) is 0 Å². The summed E-state index contributed by atoms with van der Waals surface area (Å²) in [6, 6.07) is 18.3. The molecule has 0 saturated heterocycles. The molecule has 2 aromatic carbocycles. The number of esters is 1. The average Bonchev–Trinajstić information content (AvgIpc) is 3.20. The number of hydrogen-bond acceptors (Lipinski definition) is 6. The van der Waals surface area contributed by atoms with Crippen LogP contribution in [0.2, 0.25) is 0 Å². The van der Waals surface area contributed by atoms with Crippen LogP contribution < -0.4 is 4.74 Å². The van der Waals surface area contributed by atoms with Gasteiger partial charge in [-0.05, 0) is 48.6 Å². The number of carbonyl (C=O) groups excluding carboxylic acids is 1. The summed E-state index contributed by atoms with van der Waals surface area (Å²) < 4.78 is 11.7. The van der Waals surface area contributed by atoms with Crippen LogP contribution in [0.15, 0.2) is 58.8 Å².